The van der Waals surface area contributed by atoms with Crippen molar-refractivity contribution in [3.05, 3.63) is 52.3 Å². The molecule has 3 aromatic heterocycles. The highest BCUT2D eigenvalue weighted by Crippen LogP contribution is 2.36. The Labute approximate surface area is 168 Å². The number of fused-ring (bicyclic) bond motifs is 1. The van der Waals surface area contributed by atoms with Crippen LogP contribution in [0.25, 0.3) is 20.8 Å². The van der Waals surface area contributed by atoms with Crippen molar-refractivity contribution in [2.75, 3.05) is 11.1 Å². The number of carbonyl (C=O) groups excluding carboxylic acids is 1. The number of aromatic nitrogens is 3. The number of nitrogens with one attached hydrogen (secondary N) is 1. The molecule has 1 aromatic carbocycles. The molecular formula is C19H16N4OS3. The van der Waals surface area contributed by atoms with Crippen LogP contribution in [-0.2, 0) is 4.79 Å². The number of hydrogen-bond donors (Lipinski definition) is 1. The summed E-state index contributed by atoms with van der Waals surface area (Å²) in [4.78, 5) is 18.0. The van der Waals surface area contributed by atoms with Crippen molar-refractivity contribution in [1.82, 2.24) is 15.2 Å². The van der Waals surface area contributed by atoms with E-state index < -0.39 is 0 Å². The average Bonchev–Trinajstić information content (AvgIpc) is 3.28. The lowest BCUT2D eigenvalue weighted by molar-refractivity contribution is -0.113. The van der Waals surface area contributed by atoms with Gasteiger partial charge in [0.05, 0.1) is 20.3 Å². The van der Waals surface area contributed by atoms with Gasteiger partial charge in [0.25, 0.3) is 0 Å². The van der Waals surface area contributed by atoms with Crippen molar-refractivity contribution in [3.63, 3.8) is 0 Å². The highest BCUT2D eigenvalue weighted by Gasteiger charge is 2.17. The summed E-state index contributed by atoms with van der Waals surface area (Å²) in [7, 11) is 0. The smallest absolute Gasteiger partial charge is 0.234 e. The number of benzene rings is 1. The minimum atomic E-state index is -0.0742. The van der Waals surface area contributed by atoms with Crippen molar-refractivity contribution in [2.24, 2.45) is 0 Å². The number of anilines is 1. The Morgan fingerprint density at radius 1 is 1.19 bits per heavy atom. The molecule has 0 fully saturated rings. The van der Waals surface area contributed by atoms with Crippen molar-refractivity contribution < 1.29 is 4.79 Å². The zero-order valence-electron chi connectivity index (χ0n) is 14.7. The molecule has 1 amide bonds. The predicted octanol–water partition coefficient (Wildman–Crippen LogP) is 5.16. The second-order valence-electron chi connectivity index (χ2n) is 5.95. The number of carbonyl (C=O) groups is 1. The number of thiazole rings is 1. The second-order valence-corrected chi connectivity index (χ2v) is 9.06. The third-order valence-corrected chi connectivity index (χ3v) is 6.60. The van der Waals surface area contributed by atoms with Crippen LogP contribution in [0.1, 0.15) is 10.6 Å². The third kappa shape index (κ3) is 4.02. The maximum Gasteiger partial charge on any atom is 0.234 e. The van der Waals surface area contributed by atoms with Gasteiger partial charge in [-0.25, -0.2) is 4.98 Å². The van der Waals surface area contributed by atoms with E-state index in [1.165, 1.54) is 11.8 Å². The Morgan fingerprint density at radius 2 is 2.07 bits per heavy atom. The molecule has 0 bridgehead atoms. The van der Waals surface area contributed by atoms with Gasteiger partial charge in [0.1, 0.15) is 16.2 Å². The molecule has 8 heteroatoms. The Kier molecular flexibility index (Phi) is 5.20. The summed E-state index contributed by atoms with van der Waals surface area (Å²) in [5.74, 6) is 0.182. The van der Waals surface area contributed by atoms with Gasteiger partial charge in [-0.1, -0.05) is 30.0 Å². The lowest BCUT2D eigenvalue weighted by Crippen LogP contribution is -2.14. The number of amides is 1. The largest absolute Gasteiger partial charge is 0.325 e. The summed E-state index contributed by atoms with van der Waals surface area (Å²) in [6, 6.07) is 11.8. The van der Waals surface area contributed by atoms with Crippen LogP contribution < -0.4 is 5.32 Å². The molecule has 0 saturated carbocycles. The maximum atomic E-state index is 12.3. The first-order valence-corrected chi connectivity index (χ1v) is 11.0. The lowest BCUT2D eigenvalue weighted by atomic mass is 10.2. The van der Waals surface area contributed by atoms with E-state index in [2.05, 4.69) is 20.5 Å². The fraction of sp³-hybridized carbons (Fsp3) is 0.158. The van der Waals surface area contributed by atoms with Crippen LogP contribution in [0.15, 0.2) is 46.8 Å². The summed E-state index contributed by atoms with van der Waals surface area (Å²) in [5.41, 5.74) is 3.59. The molecule has 136 valence electrons. The molecule has 4 rings (SSSR count). The molecule has 0 atom stereocenters. The van der Waals surface area contributed by atoms with E-state index in [1.54, 1.807) is 22.7 Å². The first-order chi connectivity index (χ1) is 13.1. The summed E-state index contributed by atoms with van der Waals surface area (Å²) < 4.78 is 1.02. The molecule has 0 aliphatic heterocycles. The Bertz CT molecular complexity index is 1110. The molecule has 0 saturated heterocycles. The standard InChI is InChI=1S/C19H16N4OS3/c1-11-5-3-6-13(9-11)21-15(24)10-26-19-17-18(27-12(2)20-17)16(22-23-19)14-7-4-8-25-14/h3-9H,10H2,1-2H3,(H,21,24). The number of aryl methyl sites for hydroxylation is 2. The van der Waals surface area contributed by atoms with E-state index >= 15 is 0 Å². The van der Waals surface area contributed by atoms with Crippen molar-refractivity contribution in [1.29, 1.82) is 0 Å². The summed E-state index contributed by atoms with van der Waals surface area (Å²) in [6.45, 7) is 3.97. The molecule has 0 aliphatic rings. The van der Waals surface area contributed by atoms with Crippen LogP contribution in [0.2, 0.25) is 0 Å². The SMILES string of the molecule is Cc1cccc(NC(=O)CSc2nnc(-c3cccs3)c3sc(C)nc23)c1. The number of rotatable bonds is 5. The summed E-state index contributed by atoms with van der Waals surface area (Å²) in [5, 5.41) is 15.4. The van der Waals surface area contributed by atoms with Gasteiger partial charge in [-0.3, -0.25) is 4.79 Å². The number of thioether (sulfide) groups is 1. The van der Waals surface area contributed by atoms with Crippen molar-refractivity contribution in [2.45, 2.75) is 18.9 Å². The Morgan fingerprint density at radius 3 is 2.85 bits per heavy atom. The van der Waals surface area contributed by atoms with Crippen LogP contribution in [0, 0.1) is 13.8 Å². The van der Waals surface area contributed by atoms with E-state index in [0.29, 0.717) is 5.03 Å². The number of nitrogens with zero attached hydrogens (tertiary/aromatic N) is 3. The first kappa shape index (κ1) is 18.1. The molecule has 27 heavy (non-hydrogen) atoms. The van der Waals surface area contributed by atoms with Crippen LogP contribution in [0.5, 0.6) is 0 Å². The van der Waals surface area contributed by atoms with Gasteiger partial charge in [0, 0.05) is 5.69 Å². The molecule has 5 nitrogen and oxygen atoms in total. The molecule has 0 radical (unpaired) electrons. The first-order valence-electron chi connectivity index (χ1n) is 8.27. The Hall–Kier alpha value is -2.29. The molecule has 1 N–H and O–H groups in total. The summed E-state index contributed by atoms with van der Waals surface area (Å²) >= 11 is 4.60. The van der Waals surface area contributed by atoms with Crippen LogP contribution in [0.3, 0.4) is 0 Å². The van der Waals surface area contributed by atoms with Crippen molar-refractivity contribution >= 4 is 56.2 Å². The fourth-order valence-electron chi connectivity index (χ4n) is 2.65. The van der Waals surface area contributed by atoms with Crippen LogP contribution >= 0.6 is 34.4 Å². The molecule has 0 unspecified atom stereocenters. The van der Waals surface area contributed by atoms with E-state index in [0.717, 1.165) is 37.0 Å². The number of thiophene rings is 1. The monoisotopic (exact) mass is 412 g/mol. The minimum Gasteiger partial charge on any atom is -0.325 e. The van der Waals surface area contributed by atoms with Gasteiger partial charge in [-0.05, 0) is 43.0 Å². The van der Waals surface area contributed by atoms with Gasteiger partial charge in [0.15, 0.2) is 0 Å². The normalized spacial score (nSPS) is 11.0. The Balaban J connectivity index is 1.54. The fourth-order valence-corrected chi connectivity index (χ4v) is 5.13. The molecule has 4 aromatic rings. The van der Waals surface area contributed by atoms with E-state index in [1.807, 2.05) is 55.6 Å². The zero-order valence-corrected chi connectivity index (χ0v) is 17.2. The maximum absolute atomic E-state index is 12.3. The lowest BCUT2D eigenvalue weighted by Gasteiger charge is -2.06. The van der Waals surface area contributed by atoms with Crippen LogP contribution in [-0.4, -0.2) is 26.8 Å². The van der Waals surface area contributed by atoms with Crippen LogP contribution in [0.4, 0.5) is 5.69 Å². The quantitative estimate of drug-likeness (QED) is 0.459. The third-order valence-electron chi connectivity index (χ3n) is 3.79. The zero-order chi connectivity index (χ0) is 18.8. The highest BCUT2D eigenvalue weighted by atomic mass is 32.2. The number of hydrogen-bond acceptors (Lipinski definition) is 7. The second kappa shape index (κ2) is 7.75. The minimum absolute atomic E-state index is 0.0742. The van der Waals surface area contributed by atoms with Gasteiger partial charge in [-0.15, -0.1) is 32.9 Å². The van der Waals surface area contributed by atoms with E-state index in [9.17, 15) is 4.79 Å². The summed E-state index contributed by atoms with van der Waals surface area (Å²) in [6.07, 6.45) is 0. The molecule has 0 aliphatic carbocycles. The van der Waals surface area contributed by atoms with Gasteiger partial charge < -0.3 is 5.32 Å². The van der Waals surface area contributed by atoms with E-state index in [4.69, 9.17) is 0 Å². The van der Waals surface area contributed by atoms with Gasteiger partial charge in [-0.2, -0.15) is 0 Å². The van der Waals surface area contributed by atoms with Crippen molar-refractivity contribution in [3.8, 4) is 10.6 Å². The molecule has 0 spiro atoms. The predicted molar refractivity (Wildman–Crippen MR) is 114 cm³/mol. The molecular weight excluding hydrogens is 396 g/mol. The highest BCUT2D eigenvalue weighted by molar-refractivity contribution is 8.00. The van der Waals surface area contributed by atoms with E-state index in [-0.39, 0.29) is 11.7 Å². The van der Waals surface area contributed by atoms with Gasteiger partial charge in [0.2, 0.25) is 5.91 Å². The average molecular weight is 413 g/mol. The van der Waals surface area contributed by atoms with Gasteiger partial charge >= 0.3 is 0 Å². The topological polar surface area (TPSA) is 67.8 Å². The molecule has 3 heterocycles.